The number of aromatic hydroxyl groups is 2. The molecule has 4 N–H and O–H groups in total. The van der Waals surface area contributed by atoms with Crippen molar-refractivity contribution >= 4 is 45.8 Å². The fraction of sp³-hybridized carbons (Fsp3) is 0.0333. The Bertz CT molecular complexity index is 1850. The smallest absolute Gasteiger partial charge is 0.413 e. The summed E-state index contributed by atoms with van der Waals surface area (Å²) in [5.74, 6) is 0.323. The molecule has 2 aromatic heterocycles. The minimum Gasteiger partial charge on any atom is -0.508 e. The Hall–Kier alpha value is -5.22. The number of benzene rings is 4. The van der Waals surface area contributed by atoms with E-state index in [1.54, 1.807) is 11.8 Å². The number of rotatable bonds is 4. The van der Waals surface area contributed by atoms with Crippen LogP contribution < -0.4 is 10.7 Å². The summed E-state index contributed by atoms with van der Waals surface area (Å²) in [6, 6.07) is 29.0. The third-order valence-electron chi connectivity index (χ3n) is 5.69. The number of phenolic OH excluding ortho intramolecular Hbond substituents is 2. The van der Waals surface area contributed by atoms with Crippen LogP contribution in [0.5, 0.6) is 11.5 Å². The molecule has 2 heterocycles. The van der Waals surface area contributed by atoms with Crippen LogP contribution in [0.4, 0.5) is 10.7 Å². The second kappa shape index (κ2) is 11.7. The van der Waals surface area contributed by atoms with Crippen molar-refractivity contribution in [2.75, 3.05) is 12.4 Å². The number of carbonyl (C=O) groups excluding carboxylic acids is 1. The molecule has 6 aromatic rings. The molecule has 0 aliphatic carbocycles. The van der Waals surface area contributed by atoms with Gasteiger partial charge in [-0.25, -0.2) is 9.78 Å². The molecule has 9 nitrogen and oxygen atoms in total. The molecule has 0 aliphatic heterocycles. The third kappa shape index (κ3) is 6.08. The first-order valence-corrected chi connectivity index (χ1v) is 12.8. The van der Waals surface area contributed by atoms with Gasteiger partial charge in [-0.2, -0.15) is 0 Å². The summed E-state index contributed by atoms with van der Waals surface area (Å²) >= 11 is 1.67. The number of aromatic nitrogens is 2. The largest absolute Gasteiger partial charge is 0.508 e. The van der Waals surface area contributed by atoms with Gasteiger partial charge in [0.2, 0.25) is 5.95 Å². The van der Waals surface area contributed by atoms with Gasteiger partial charge in [0, 0.05) is 33.6 Å². The topological polar surface area (TPSA) is 138 Å². The lowest BCUT2D eigenvalue weighted by Crippen LogP contribution is -2.11. The number of amides is 1. The van der Waals surface area contributed by atoms with E-state index in [0.717, 1.165) is 27.6 Å². The molecule has 0 saturated heterocycles. The number of anilines is 1. The van der Waals surface area contributed by atoms with Crippen LogP contribution in [0.1, 0.15) is 0 Å². The van der Waals surface area contributed by atoms with E-state index in [4.69, 9.17) is 4.42 Å². The molecule has 0 aliphatic rings. The Balaban J connectivity index is 0.000000162. The van der Waals surface area contributed by atoms with Gasteiger partial charge in [0.25, 0.3) is 0 Å². The zero-order chi connectivity index (χ0) is 28.1. The van der Waals surface area contributed by atoms with Crippen LogP contribution in [0.3, 0.4) is 0 Å². The predicted octanol–water partition coefficient (Wildman–Crippen LogP) is 6.76. The van der Waals surface area contributed by atoms with E-state index in [2.05, 4.69) is 32.2 Å². The monoisotopic (exact) mass is 553 g/mol. The predicted molar refractivity (Wildman–Crippen MR) is 154 cm³/mol. The number of nitrogens with one attached hydrogen (secondary N) is 2. The number of fused-ring (bicyclic) bond motifs is 2. The normalized spacial score (nSPS) is 10.6. The molecule has 4 aromatic carbocycles. The molecule has 6 rings (SSSR count). The minimum atomic E-state index is -0.548. The van der Waals surface area contributed by atoms with E-state index >= 15 is 0 Å². The molecule has 200 valence electrons. The summed E-state index contributed by atoms with van der Waals surface area (Å²) in [4.78, 5) is 32.8. The molecule has 0 bridgehead atoms. The Kier molecular flexibility index (Phi) is 7.70. The number of ether oxygens (including phenoxy) is 1. The summed E-state index contributed by atoms with van der Waals surface area (Å²) in [7, 11) is 1.31. The van der Waals surface area contributed by atoms with Gasteiger partial charge in [-0.3, -0.25) is 10.1 Å². The maximum absolute atomic E-state index is 12.0. The van der Waals surface area contributed by atoms with Crippen LogP contribution in [0, 0.1) is 0 Å². The maximum Gasteiger partial charge on any atom is 0.413 e. The van der Waals surface area contributed by atoms with Gasteiger partial charge in [0.05, 0.1) is 18.1 Å². The first kappa shape index (κ1) is 26.4. The fourth-order valence-corrected chi connectivity index (χ4v) is 4.76. The molecule has 0 saturated carbocycles. The van der Waals surface area contributed by atoms with Gasteiger partial charge in [-0.1, -0.05) is 60.3 Å². The van der Waals surface area contributed by atoms with E-state index < -0.39 is 6.09 Å². The van der Waals surface area contributed by atoms with Crippen LogP contribution in [-0.4, -0.2) is 33.4 Å². The number of carbonyl (C=O) groups is 1. The number of imidazole rings is 1. The number of aromatic amines is 1. The van der Waals surface area contributed by atoms with Crippen molar-refractivity contribution < 1.29 is 24.2 Å². The van der Waals surface area contributed by atoms with Gasteiger partial charge in [0.1, 0.15) is 28.2 Å². The van der Waals surface area contributed by atoms with E-state index in [1.807, 2.05) is 66.7 Å². The van der Waals surface area contributed by atoms with Crippen molar-refractivity contribution in [1.29, 1.82) is 0 Å². The van der Waals surface area contributed by atoms with Crippen LogP contribution in [0.15, 0.2) is 116 Å². The molecule has 0 unspecified atom stereocenters. The Morgan fingerprint density at radius 1 is 0.925 bits per heavy atom. The molecule has 10 heteroatoms. The highest BCUT2D eigenvalue weighted by Gasteiger charge is 2.12. The number of H-pyrrole nitrogens is 1. The van der Waals surface area contributed by atoms with Gasteiger partial charge >= 0.3 is 6.09 Å². The van der Waals surface area contributed by atoms with E-state index in [9.17, 15) is 19.8 Å². The van der Waals surface area contributed by atoms with Crippen molar-refractivity contribution in [3.63, 3.8) is 0 Å². The summed E-state index contributed by atoms with van der Waals surface area (Å²) < 4.78 is 10.1. The van der Waals surface area contributed by atoms with Crippen molar-refractivity contribution in [2.45, 2.75) is 9.79 Å². The van der Waals surface area contributed by atoms with Crippen LogP contribution in [0.2, 0.25) is 0 Å². The van der Waals surface area contributed by atoms with Crippen LogP contribution in [0.25, 0.3) is 33.3 Å². The molecule has 0 atom stereocenters. The molecule has 0 fully saturated rings. The molecule has 1 amide bonds. The number of methoxy groups -OCH3 is 1. The molecular formula is C30H23N3O6S. The molecule has 40 heavy (non-hydrogen) atoms. The third-order valence-corrected chi connectivity index (χ3v) is 6.69. The van der Waals surface area contributed by atoms with E-state index in [1.165, 1.54) is 24.1 Å². The first-order chi connectivity index (χ1) is 19.4. The number of hydrogen-bond donors (Lipinski definition) is 4. The van der Waals surface area contributed by atoms with Crippen molar-refractivity contribution in [3.05, 3.63) is 107 Å². The fourth-order valence-electron chi connectivity index (χ4n) is 3.88. The van der Waals surface area contributed by atoms with Crippen LogP contribution in [-0.2, 0) is 4.74 Å². The van der Waals surface area contributed by atoms with Gasteiger partial charge in [-0.15, -0.1) is 0 Å². The van der Waals surface area contributed by atoms with Crippen LogP contribution >= 0.6 is 11.8 Å². The second-order valence-electron chi connectivity index (χ2n) is 8.48. The van der Waals surface area contributed by atoms with Gasteiger partial charge in [0.15, 0.2) is 5.43 Å². The van der Waals surface area contributed by atoms with Crippen molar-refractivity contribution in [3.8, 4) is 22.8 Å². The Morgan fingerprint density at radius 3 is 2.38 bits per heavy atom. The van der Waals surface area contributed by atoms with Crippen molar-refractivity contribution in [1.82, 2.24) is 9.97 Å². The number of hydrogen-bond acceptors (Lipinski definition) is 8. The highest BCUT2D eigenvalue weighted by Crippen LogP contribution is 2.31. The zero-order valence-corrected chi connectivity index (χ0v) is 21.9. The molecular weight excluding hydrogens is 530 g/mol. The Labute approximate surface area is 232 Å². The lowest BCUT2D eigenvalue weighted by molar-refractivity contribution is 0.186. The van der Waals surface area contributed by atoms with Gasteiger partial charge in [-0.05, 0) is 30.3 Å². The second-order valence-corrected chi connectivity index (χ2v) is 9.62. The van der Waals surface area contributed by atoms with Gasteiger partial charge < -0.3 is 24.4 Å². The maximum atomic E-state index is 12.0. The van der Waals surface area contributed by atoms with E-state index in [0.29, 0.717) is 11.7 Å². The lowest BCUT2D eigenvalue weighted by Gasteiger charge is -2.04. The standard InChI is InChI=1S/C15H13N3O2S.C15H10O4/c1-20-15(19)18-14-16-12-8-7-11(9-13(12)17-14)21-10-5-3-2-4-6-10;16-10-6-11(17)15-12(18)8-13(19-14(15)7-10)9-4-2-1-3-5-9/h2-9H,1H3,(H2,16,17,18,19);1-8,16-17H. The highest BCUT2D eigenvalue weighted by atomic mass is 32.2. The minimum absolute atomic E-state index is 0.0671. The quantitative estimate of drug-likeness (QED) is 0.188. The summed E-state index contributed by atoms with van der Waals surface area (Å²) in [6.45, 7) is 0. The zero-order valence-electron chi connectivity index (χ0n) is 21.1. The summed E-state index contributed by atoms with van der Waals surface area (Å²) in [6.07, 6.45) is -0.548. The highest BCUT2D eigenvalue weighted by molar-refractivity contribution is 7.99. The lowest BCUT2D eigenvalue weighted by atomic mass is 10.1. The first-order valence-electron chi connectivity index (χ1n) is 12.0. The molecule has 0 radical (unpaired) electrons. The Morgan fingerprint density at radius 2 is 1.65 bits per heavy atom. The van der Waals surface area contributed by atoms with Crippen molar-refractivity contribution in [2.24, 2.45) is 0 Å². The van der Waals surface area contributed by atoms with E-state index in [-0.39, 0.29) is 27.9 Å². The summed E-state index contributed by atoms with van der Waals surface area (Å²) in [5.41, 5.74) is 2.21. The SMILES string of the molecule is COC(=O)Nc1nc2ccc(Sc3ccccc3)cc2[nH]1.O=c1cc(-c2ccccc2)oc2cc(O)cc(O)c12. The number of phenols is 2. The summed E-state index contributed by atoms with van der Waals surface area (Å²) in [5, 5.41) is 21.7. The molecule has 0 spiro atoms. The number of nitrogens with zero attached hydrogens (tertiary/aromatic N) is 1. The average Bonchev–Trinajstić information content (AvgIpc) is 3.35. The average molecular weight is 554 g/mol.